The lowest BCUT2D eigenvalue weighted by atomic mass is 10.1. The molecule has 2 aromatic carbocycles. The molecule has 0 aliphatic heterocycles. The summed E-state index contributed by atoms with van der Waals surface area (Å²) in [5, 5.41) is 11.5. The third-order valence-electron chi connectivity index (χ3n) is 3.69. The largest absolute Gasteiger partial charge is 0.495 e. The number of carbonyl (C=O) groups is 1. The highest BCUT2D eigenvalue weighted by Crippen LogP contribution is 2.25. The third-order valence-corrected chi connectivity index (χ3v) is 4.63. The van der Waals surface area contributed by atoms with Crippen LogP contribution >= 0.6 is 11.8 Å². The molecular weight excluding hydrogens is 350 g/mol. The van der Waals surface area contributed by atoms with E-state index in [0.29, 0.717) is 22.4 Å². The van der Waals surface area contributed by atoms with Crippen molar-refractivity contribution >= 4 is 23.4 Å². The Kier molecular flexibility index (Phi) is 5.43. The number of nitrogen functional groups attached to an aromatic ring is 1. The van der Waals surface area contributed by atoms with Gasteiger partial charge in [0.1, 0.15) is 5.75 Å². The van der Waals surface area contributed by atoms with Crippen molar-refractivity contribution in [2.45, 2.75) is 12.1 Å². The van der Waals surface area contributed by atoms with Crippen molar-refractivity contribution in [1.82, 2.24) is 14.9 Å². The van der Waals surface area contributed by atoms with Crippen LogP contribution in [0.1, 0.15) is 5.56 Å². The Bertz CT molecular complexity index is 908. The van der Waals surface area contributed by atoms with Gasteiger partial charge in [-0.3, -0.25) is 4.79 Å². The molecule has 7 nitrogen and oxygen atoms in total. The first-order valence-electron chi connectivity index (χ1n) is 7.91. The van der Waals surface area contributed by atoms with Gasteiger partial charge in [-0.15, -0.1) is 10.2 Å². The van der Waals surface area contributed by atoms with Gasteiger partial charge in [0.25, 0.3) is 0 Å². The Morgan fingerprint density at radius 3 is 2.65 bits per heavy atom. The predicted octanol–water partition coefficient (Wildman–Crippen LogP) is 2.71. The SMILES string of the molecule is COc1ccccc1NC(=O)CSc1nnc(-c2ccc(C)cc2)n1N. The minimum Gasteiger partial charge on any atom is -0.495 e. The van der Waals surface area contributed by atoms with E-state index in [1.54, 1.807) is 19.2 Å². The van der Waals surface area contributed by atoms with Crippen LogP contribution in [0.4, 0.5) is 5.69 Å². The fourth-order valence-corrected chi connectivity index (χ4v) is 3.00. The summed E-state index contributed by atoms with van der Waals surface area (Å²) in [6, 6.07) is 15.1. The van der Waals surface area contributed by atoms with Gasteiger partial charge in [0.2, 0.25) is 11.1 Å². The van der Waals surface area contributed by atoms with Crippen LogP contribution in [-0.2, 0) is 4.79 Å². The number of methoxy groups -OCH3 is 1. The number of aryl methyl sites for hydroxylation is 1. The molecule has 1 aromatic heterocycles. The minimum atomic E-state index is -0.181. The number of hydrogen-bond donors (Lipinski definition) is 2. The number of ether oxygens (including phenoxy) is 1. The van der Waals surface area contributed by atoms with Gasteiger partial charge in [0.05, 0.1) is 18.6 Å². The van der Waals surface area contributed by atoms with Crippen LogP contribution in [0.25, 0.3) is 11.4 Å². The predicted molar refractivity (Wildman–Crippen MR) is 103 cm³/mol. The molecule has 0 unspecified atom stereocenters. The topological polar surface area (TPSA) is 95.1 Å². The highest BCUT2D eigenvalue weighted by atomic mass is 32.2. The summed E-state index contributed by atoms with van der Waals surface area (Å²) in [6.45, 7) is 2.01. The highest BCUT2D eigenvalue weighted by Gasteiger charge is 2.14. The summed E-state index contributed by atoms with van der Waals surface area (Å²) in [4.78, 5) is 12.2. The molecular formula is C18H19N5O2S. The summed E-state index contributed by atoms with van der Waals surface area (Å²) in [5.41, 5.74) is 2.64. The van der Waals surface area contributed by atoms with Crippen molar-refractivity contribution in [3.05, 3.63) is 54.1 Å². The number of aromatic nitrogens is 3. The molecule has 26 heavy (non-hydrogen) atoms. The Balaban J connectivity index is 1.65. The number of rotatable bonds is 6. The second-order valence-electron chi connectivity index (χ2n) is 5.58. The Morgan fingerprint density at radius 2 is 1.92 bits per heavy atom. The van der Waals surface area contributed by atoms with Crippen LogP contribution in [0.3, 0.4) is 0 Å². The highest BCUT2D eigenvalue weighted by molar-refractivity contribution is 7.99. The number of anilines is 1. The van der Waals surface area contributed by atoms with Gasteiger partial charge in [0, 0.05) is 5.56 Å². The maximum Gasteiger partial charge on any atom is 0.234 e. The van der Waals surface area contributed by atoms with E-state index >= 15 is 0 Å². The van der Waals surface area contributed by atoms with Crippen LogP contribution < -0.4 is 15.9 Å². The molecule has 3 N–H and O–H groups in total. The number of carbonyl (C=O) groups excluding carboxylic acids is 1. The van der Waals surface area contributed by atoms with Crippen molar-refractivity contribution < 1.29 is 9.53 Å². The Hall–Kier alpha value is -3.00. The first kappa shape index (κ1) is 17.8. The Morgan fingerprint density at radius 1 is 1.19 bits per heavy atom. The molecule has 8 heteroatoms. The molecule has 0 atom stereocenters. The zero-order valence-electron chi connectivity index (χ0n) is 14.5. The maximum absolute atomic E-state index is 12.2. The van der Waals surface area contributed by atoms with Gasteiger partial charge in [-0.2, -0.15) is 0 Å². The Labute approximate surface area is 155 Å². The molecule has 3 aromatic rings. The standard InChI is InChI=1S/C18H19N5O2S/c1-12-7-9-13(10-8-12)17-21-22-18(23(17)19)26-11-16(24)20-14-5-3-4-6-15(14)25-2/h3-10H,11,19H2,1-2H3,(H,20,24). The van der Waals surface area contributed by atoms with E-state index in [0.717, 1.165) is 11.1 Å². The maximum atomic E-state index is 12.2. The van der Waals surface area contributed by atoms with Crippen LogP contribution in [0.2, 0.25) is 0 Å². The van der Waals surface area contributed by atoms with Gasteiger partial charge in [-0.05, 0) is 19.1 Å². The van der Waals surface area contributed by atoms with Crippen LogP contribution in [0, 0.1) is 6.92 Å². The summed E-state index contributed by atoms with van der Waals surface area (Å²) in [7, 11) is 1.56. The number of thioether (sulfide) groups is 1. The number of hydrogen-bond acceptors (Lipinski definition) is 6. The number of amides is 1. The fourth-order valence-electron chi connectivity index (χ4n) is 2.34. The zero-order valence-corrected chi connectivity index (χ0v) is 15.3. The van der Waals surface area contributed by atoms with Crippen molar-refractivity contribution in [3.63, 3.8) is 0 Å². The summed E-state index contributed by atoms with van der Waals surface area (Å²) < 4.78 is 6.62. The molecule has 0 spiro atoms. The molecule has 0 fully saturated rings. The van der Waals surface area contributed by atoms with E-state index in [9.17, 15) is 4.79 Å². The summed E-state index contributed by atoms with van der Waals surface area (Å²) in [5.74, 6) is 7.21. The number of benzene rings is 2. The number of nitrogens with zero attached hydrogens (tertiary/aromatic N) is 3. The quantitative estimate of drug-likeness (QED) is 0.512. The number of nitrogens with two attached hydrogens (primary N) is 1. The van der Waals surface area contributed by atoms with Gasteiger partial charge >= 0.3 is 0 Å². The van der Waals surface area contributed by atoms with Gasteiger partial charge in [0.15, 0.2) is 5.82 Å². The second-order valence-corrected chi connectivity index (χ2v) is 6.52. The zero-order chi connectivity index (χ0) is 18.5. The molecule has 1 heterocycles. The van der Waals surface area contributed by atoms with Crippen molar-refractivity contribution in [3.8, 4) is 17.1 Å². The minimum absolute atomic E-state index is 0.154. The van der Waals surface area contributed by atoms with Crippen LogP contribution in [0.15, 0.2) is 53.7 Å². The lowest BCUT2D eigenvalue weighted by molar-refractivity contribution is -0.113. The second kappa shape index (κ2) is 7.92. The van der Waals surface area contributed by atoms with Crippen molar-refractivity contribution in [2.75, 3.05) is 24.0 Å². The van der Waals surface area contributed by atoms with Gasteiger partial charge < -0.3 is 15.9 Å². The van der Waals surface area contributed by atoms with E-state index in [1.807, 2.05) is 43.3 Å². The average Bonchev–Trinajstić information content (AvgIpc) is 3.02. The smallest absolute Gasteiger partial charge is 0.234 e. The lowest BCUT2D eigenvalue weighted by Gasteiger charge is -2.09. The molecule has 0 saturated heterocycles. The van der Waals surface area contributed by atoms with E-state index in [1.165, 1.54) is 16.4 Å². The van der Waals surface area contributed by atoms with Gasteiger partial charge in [-0.25, -0.2) is 4.68 Å². The van der Waals surface area contributed by atoms with E-state index in [2.05, 4.69) is 15.5 Å². The molecule has 0 saturated carbocycles. The van der Waals surface area contributed by atoms with E-state index in [-0.39, 0.29) is 11.7 Å². The average molecular weight is 369 g/mol. The number of nitrogens with one attached hydrogen (secondary N) is 1. The molecule has 3 rings (SSSR count). The molecule has 0 aliphatic rings. The van der Waals surface area contributed by atoms with E-state index in [4.69, 9.17) is 10.6 Å². The monoisotopic (exact) mass is 369 g/mol. The molecule has 0 bridgehead atoms. The van der Waals surface area contributed by atoms with Crippen LogP contribution in [-0.4, -0.2) is 33.6 Å². The van der Waals surface area contributed by atoms with Gasteiger partial charge in [-0.1, -0.05) is 53.7 Å². The molecule has 134 valence electrons. The first-order chi connectivity index (χ1) is 12.6. The fraction of sp³-hybridized carbons (Fsp3) is 0.167. The molecule has 0 radical (unpaired) electrons. The first-order valence-corrected chi connectivity index (χ1v) is 8.90. The lowest BCUT2D eigenvalue weighted by Crippen LogP contribution is -2.16. The van der Waals surface area contributed by atoms with Crippen molar-refractivity contribution in [2.24, 2.45) is 0 Å². The summed E-state index contributed by atoms with van der Waals surface area (Å²) >= 11 is 1.22. The molecule has 1 amide bonds. The number of para-hydroxylation sites is 2. The third kappa shape index (κ3) is 3.97. The van der Waals surface area contributed by atoms with Crippen molar-refractivity contribution in [1.29, 1.82) is 0 Å². The molecule has 0 aliphatic carbocycles. The van der Waals surface area contributed by atoms with E-state index < -0.39 is 0 Å². The normalized spacial score (nSPS) is 10.5. The van der Waals surface area contributed by atoms with Crippen LogP contribution in [0.5, 0.6) is 5.75 Å². The summed E-state index contributed by atoms with van der Waals surface area (Å²) in [6.07, 6.45) is 0.